The van der Waals surface area contributed by atoms with Crippen molar-refractivity contribution in [3.05, 3.63) is 46.3 Å². The first-order valence-electron chi connectivity index (χ1n) is 12.6. The molecule has 20 heteroatoms. The fourth-order valence-corrected chi connectivity index (χ4v) is 4.02. The van der Waals surface area contributed by atoms with Gasteiger partial charge in [-0.15, -0.1) is 20.5 Å². The van der Waals surface area contributed by atoms with Crippen molar-refractivity contribution in [3.63, 3.8) is 0 Å². The Morgan fingerprint density at radius 1 is 0.818 bits per heavy atom. The van der Waals surface area contributed by atoms with E-state index >= 15 is 0 Å². The van der Waals surface area contributed by atoms with Crippen LogP contribution in [0.1, 0.15) is 43.5 Å². The van der Waals surface area contributed by atoms with Crippen LogP contribution in [0.3, 0.4) is 0 Å². The lowest BCUT2D eigenvalue weighted by molar-refractivity contribution is 0.0600. The van der Waals surface area contributed by atoms with Crippen LogP contribution in [0.15, 0.2) is 41.9 Å². The number of anilines is 2. The minimum Gasteiger partial charge on any atom is -0.465 e. The van der Waals surface area contributed by atoms with E-state index in [1.165, 1.54) is 35.8 Å². The number of esters is 1. The number of ether oxygens (including phenoxy) is 1. The van der Waals surface area contributed by atoms with E-state index < -0.39 is 18.4 Å². The zero-order valence-electron chi connectivity index (χ0n) is 23.9. The van der Waals surface area contributed by atoms with Crippen molar-refractivity contribution in [2.24, 2.45) is 20.5 Å². The summed E-state index contributed by atoms with van der Waals surface area (Å²) in [7, 11) is 1.22. The molecule has 226 valence electrons. The van der Waals surface area contributed by atoms with Gasteiger partial charge in [0.25, 0.3) is 11.8 Å². The van der Waals surface area contributed by atoms with Crippen molar-refractivity contribution >= 4 is 46.5 Å². The fraction of sp³-hybridized carbons (Fsp3) is 0.250. The number of aryl methyl sites for hydroxylation is 4. The van der Waals surface area contributed by atoms with E-state index in [1.54, 1.807) is 20.8 Å². The van der Waals surface area contributed by atoms with Crippen LogP contribution in [0.5, 0.6) is 0 Å². The number of hydrogen-bond donors (Lipinski definition) is 3. The molecule has 0 aliphatic carbocycles. The standard InChI is InChI=1S/C24H24N14O6/c1-9-16(13(40)7-39)22(43-35-9)31-29-18-11(3)33-37(20(18)25)14-6-15(28-8-27-14)38-21(26)19(12(4)34-38)30-32-23-17(24(41)42-5)10(2)36-44-23/h6,8,39H,7,25-26H2,1-5H3. The van der Waals surface area contributed by atoms with E-state index in [2.05, 4.69) is 50.9 Å². The third kappa shape index (κ3) is 5.15. The summed E-state index contributed by atoms with van der Waals surface area (Å²) < 4.78 is 17.5. The maximum Gasteiger partial charge on any atom is 0.345 e. The number of aromatic nitrogens is 8. The SMILES string of the molecule is COC(=O)c1c(C)noc1N=Nc1c(C)nn(-c2cc(-n3nc(C)c(N=Nc4onc(C)c4C(=O)CO)c3N)ncn2)c1N. The maximum atomic E-state index is 12.1. The van der Waals surface area contributed by atoms with Crippen molar-refractivity contribution in [2.75, 3.05) is 25.2 Å². The number of rotatable bonds is 9. The molecule has 0 bridgehead atoms. The molecule has 20 nitrogen and oxygen atoms in total. The lowest BCUT2D eigenvalue weighted by Gasteiger charge is -2.06. The molecule has 0 atom stereocenters. The minimum atomic E-state index is -0.748. The smallest absolute Gasteiger partial charge is 0.345 e. The first-order chi connectivity index (χ1) is 21.0. The number of carbonyl (C=O) groups excluding carboxylic acids is 2. The van der Waals surface area contributed by atoms with Crippen LogP contribution in [-0.2, 0) is 4.74 Å². The van der Waals surface area contributed by atoms with Crippen LogP contribution in [-0.4, -0.2) is 70.4 Å². The molecule has 0 saturated heterocycles. The summed E-state index contributed by atoms with van der Waals surface area (Å²) in [5.41, 5.74) is 14.4. The van der Waals surface area contributed by atoms with E-state index in [0.717, 1.165) is 0 Å². The van der Waals surface area contributed by atoms with Gasteiger partial charge in [-0.05, 0) is 27.7 Å². The van der Waals surface area contributed by atoms with E-state index in [1.807, 2.05) is 0 Å². The van der Waals surface area contributed by atoms with E-state index in [9.17, 15) is 14.7 Å². The topological polar surface area (TPSA) is 279 Å². The van der Waals surface area contributed by atoms with E-state index in [4.69, 9.17) is 25.3 Å². The first-order valence-corrected chi connectivity index (χ1v) is 12.6. The van der Waals surface area contributed by atoms with Gasteiger partial charge >= 0.3 is 5.97 Å². The summed E-state index contributed by atoms with van der Waals surface area (Å²) in [6.07, 6.45) is 1.25. The van der Waals surface area contributed by atoms with Gasteiger partial charge in [0, 0.05) is 6.07 Å². The number of nitrogens with two attached hydrogens (primary N) is 2. The second kappa shape index (κ2) is 11.6. The molecule has 0 aromatic carbocycles. The normalized spacial score (nSPS) is 11.7. The largest absolute Gasteiger partial charge is 0.465 e. The lowest BCUT2D eigenvalue weighted by Crippen LogP contribution is -2.09. The number of nitrogens with zero attached hydrogens (tertiary/aromatic N) is 12. The molecule has 0 fully saturated rings. The molecule has 5 heterocycles. The molecule has 5 rings (SSSR count). The van der Waals surface area contributed by atoms with Gasteiger partial charge in [-0.2, -0.15) is 19.6 Å². The summed E-state index contributed by atoms with van der Waals surface area (Å²) in [6, 6.07) is 1.51. The Hall–Kier alpha value is -6.18. The van der Waals surface area contributed by atoms with Crippen molar-refractivity contribution in [2.45, 2.75) is 27.7 Å². The van der Waals surface area contributed by atoms with Crippen molar-refractivity contribution in [3.8, 4) is 11.6 Å². The first kappa shape index (κ1) is 29.3. The van der Waals surface area contributed by atoms with Crippen molar-refractivity contribution in [1.29, 1.82) is 0 Å². The number of carbonyl (C=O) groups is 2. The number of aliphatic hydroxyl groups excluding tert-OH is 1. The molecule has 0 unspecified atom stereocenters. The summed E-state index contributed by atoms with van der Waals surface area (Å²) in [6.45, 7) is 5.64. The minimum absolute atomic E-state index is 0.00571. The highest BCUT2D eigenvalue weighted by atomic mass is 16.5. The highest BCUT2D eigenvalue weighted by molar-refractivity contribution is 6.01. The summed E-state index contributed by atoms with van der Waals surface area (Å²) in [4.78, 5) is 32.6. The van der Waals surface area contributed by atoms with Crippen LogP contribution in [0.4, 0.5) is 34.8 Å². The summed E-state index contributed by atoms with van der Waals surface area (Å²) >= 11 is 0. The predicted molar refractivity (Wildman–Crippen MR) is 148 cm³/mol. The van der Waals surface area contributed by atoms with Gasteiger partial charge in [0.1, 0.15) is 18.5 Å². The Kier molecular flexibility index (Phi) is 7.73. The molecule has 0 amide bonds. The van der Waals surface area contributed by atoms with Gasteiger partial charge in [0.15, 0.2) is 46.0 Å². The molecular formula is C24H24N14O6. The van der Waals surface area contributed by atoms with Crippen LogP contribution in [0.2, 0.25) is 0 Å². The third-order valence-electron chi connectivity index (χ3n) is 6.18. The number of Topliss-reactive ketones (excluding diaryl/α,β-unsaturated/α-hetero) is 1. The molecule has 0 saturated carbocycles. The zero-order chi connectivity index (χ0) is 31.7. The maximum absolute atomic E-state index is 12.1. The summed E-state index contributed by atoms with van der Waals surface area (Å²) in [5, 5.41) is 41.6. The molecule has 0 spiro atoms. The monoisotopic (exact) mass is 604 g/mol. The number of azo groups is 2. The highest BCUT2D eigenvalue weighted by Gasteiger charge is 2.23. The number of hydrogen-bond acceptors (Lipinski definition) is 18. The molecule has 0 aliphatic rings. The van der Waals surface area contributed by atoms with E-state index in [0.29, 0.717) is 11.4 Å². The quantitative estimate of drug-likeness (QED) is 0.124. The lowest BCUT2D eigenvalue weighted by atomic mass is 10.2. The Morgan fingerprint density at radius 2 is 1.30 bits per heavy atom. The Balaban J connectivity index is 1.46. The Morgan fingerprint density at radius 3 is 1.77 bits per heavy atom. The van der Waals surface area contributed by atoms with Crippen molar-refractivity contribution < 1.29 is 28.5 Å². The van der Waals surface area contributed by atoms with Crippen LogP contribution >= 0.6 is 0 Å². The fourth-order valence-electron chi connectivity index (χ4n) is 4.02. The van der Waals surface area contributed by atoms with Gasteiger partial charge in [0.05, 0.1) is 29.9 Å². The number of methoxy groups -OCH3 is 1. The highest BCUT2D eigenvalue weighted by Crippen LogP contribution is 2.34. The second-order valence-electron chi connectivity index (χ2n) is 9.07. The molecule has 44 heavy (non-hydrogen) atoms. The average molecular weight is 605 g/mol. The molecule has 5 N–H and O–H groups in total. The van der Waals surface area contributed by atoms with Crippen molar-refractivity contribution in [1.82, 2.24) is 39.8 Å². The molecule has 0 radical (unpaired) electrons. The second-order valence-corrected chi connectivity index (χ2v) is 9.07. The Labute approximate surface area is 246 Å². The Bertz CT molecular complexity index is 1830. The molecule has 0 aliphatic heterocycles. The predicted octanol–water partition coefficient (Wildman–Crippen LogP) is 3.01. The zero-order valence-corrected chi connectivity index (χ0v) is 23.9. The third-order valence-corrected chi connectivity index (χ3v) is 6.18. The summed E-state index contributed by atoms with van der Waals surface area (Å²) in [5.74, 6) is -1.04. The van der Waals surface area contributed by atoms with Gasteiger partial charge in [-0.3, -0.25) is 4.79 Å². The average Bonchev–Trinajstić information content (AvgIpc) is 3.73. The molecule has 5 aromatic heterocycles. The van der Waals surface area contributed by atoms with Gasteiger partial charge in [0.2, 0.25) is 0 Å². The van der Waals surface area contributed by atoms with E-state index in [-0.39, 0.29) is 68.9 Å². The van der Waals surface area contributed by atoms with Gasteiger partial charge < -0.3 is 30.4 Å². The molecular weight excluding hydrogens is 580 g/mol. The van der Waals surface area contributed by atoms with Gasteiger partial charge in [-0.1, -0.05) is 10.3 Å². The number of ketones is 1. The van der Waals surface area contributed by atoms with Gasteiger partial charge in [-0.25, -0.2) is 14.8 Å². The number of nitrogen functional groups attached to an aromatic ring is 2. The number of aliphatic hydroxyl groups is 1. The van der Waals surface area contributed by atoms with Crippen LogP contribution in [0, 0.1) is 27.7 Å². The van der Waals surface area contributed by atoms with Crippen LogP contribution < -0.4 is 11.5 Å². The van der Waals surface area contributed by atoms with Crippen LogP contribution in [0.25, 0.3) is 11.6 Å². The molecule has 5 aromatic rings.